The number of esters is 1. The second-order valence-corrected chi connectivity index (χ2v) is 10.7. The van der Waals surface area contributed by atoms with Gasteiger partial charge in [-0.25, -0.2) is 4.79 Å². The van der Waals surface area contributed by atoms with E-state index >= 15 is 0 Å². The van der Waals surface area contributed by atoms with Crippen LogP contribution < -0.4 is 10.1 Å². The Balaban J connectivity index is 1.39. The first-order valence-electron chi connectivity index (χ1n) is 15.0. The maximum atomic E-state index is 13.2. The normalized spacial score (nSPS) is 11.3. The minimum absolute atomic E-state index is 0.112. The predicted molar refractivity (Wildman–Crippen MR) is 173 cm³/mol. The Bertz CT molecular complexity index is 1540. The highest BCUT2D eigenvalue weighted by Crippen LogP contribution is 2.22. The van der Waals surface area contributed by atoms with Crippen molar-refractivity contribution in [1.82, 2.24) is 4.90 Å². The van der Waals surface area contributed by atoms with E-state index < -0.39 is 12.0 Å². The number of carbonyl (C=O) groups is 3. The second kappa shape index (κ2) is 16.1. The van der Waals surface area contributed by atoms with Gasteiger partial charge in [-0.2, -0.15) is 0 Å². The lowest BCUT2D eigenvalue weighted by Crippen LogP contribution is -2.34. The number of hydrogen-bond donors (Lipinski definition) is 1. The van der Waals surface area contributed by atoms with Gasteiger partial charge in [0.25, 0.3) is 0 Å². The summed E-state index contributed by atoms with van der Waals surface area (Å²) in [5.41, 5.74) is 4.76. The standard InChI is InChI=1S/C37H40N2O5/c1-4-11-35(40)39(26-29-13-10-12-27(2)24-29)22-23-44-31-20-18-28(19-21-31)25-34(37(42)43-3)38-33-17-9-8-16-32(33)36(41)30-14-6-5-7-15-30/h5-10,12-21,24,34,38H,4,11,22-23,25-26H2,1-3H3/t34-/m0/s1. The number of ether oxygens (including phenoxy) is 2. The summed E-state index contributed by atoms with van der Waals surface area (Å²) in [6.07, 6.45) is 1.64. The van der Waals surface area contributed by atoms with Crippen LogP contribution in [-0.2, 0) is 27.3 Å². The third-order valence-corrected chi connectivity index (χ3v) is 7.29. The van der Waals surface area contributed by atoms with Crippen molar-refractivity contribution in [2.24, 2.45) is 0 Å². The summed E-state index contributed by atoms with van der Waals surface area (Å²) in [6.45, 7) is 5.43. The number of carbonyl (C=O) groups excluding carboxylic acids is 3. The van der Waals surface area contributed by atoms with Crippen molar-refractivity contribution < 1.29 is 23.9 Å². The lowest BCUT2D eigenvalue weighted by atomic mass is 10.00. The van der Waals surface area contributed by atoms with Crippen LogP contribution in [0.25, 0.3) is 0 Å². The summed E-state index contributed by atoms with van der Waals surface area (Å²) in [5.74, 6) is 0.223. The smallest absolute Gasteiger partial charge is 0.328 e. The minimum Gasteiger partial charge on any atom is -0.492 e. The number of aryl methyl sites for hydroxylation is 1. The van der Waals surface area contributed by atoms with Gasteiger partial charge in [0.05, 0.1) is 13.7 Å². The molecule has 0 aromatic heterocycles. The summed E-state index contributed by atoms with van der Waals surface area (Å²) in [5, 5.41) is 3.24. The SMILES string of the molecule is CCCC(=O)N(CCOc1ccc(C[C@H](Nc2ccccc2C(=O)c2ccccc2)C(=O)OC)cc1)Cc1cccc(C)c1. The number of amides is 1. The molecule has 0 bridgehead atoms. The maximum Gasteiger partial charge on any atom is 0.328 e. The molecule has 0 aliphatic carbocycles. The van der Waals surface area contributed by atoms with Gasteiger partial charge in [0, 0.05) is 36.2 Å². The molecule has 0 unspecified atom stereocenters. The first-order chi connectivity index (χ1) is 21.4. The first-order valence-corrected chi connectivity index (χ1v) is 15.0. The van der Waals surface area contributed by atoms with Gasteiger partial charge in [0.2, 0.25) is 5.91 Å². The quantitative estimate of drug-likeness (QED) is 0.123. The number of para-hydroxylation sites is 1. The van der Waals surface area contributed by atoms with Crippen LogP contribution in [0.2, 0.25) is 0 Å². The van der Waals surface area contributed by atoms with Crippen LogP contribution in [-0.4, -0.2) is 48.9 Å². The molecule has 1 amide bonds. The van der Waals surface area contributed by atoms with Gasteiger partial charge in [-0.05, 0) is 48.7 Å². The van der Waals surface area contributed by atoms with Gasteiger partial charge in [0.15, 0.2) is 5.78 Å². The van der Waals surface area contributed by atoms with Gasteiger partial charge in [-0.1, -0.05) is 91.3 Å². The summed E-state index contributed by atoms with van der Waals surface area (Å²) < 4.78 is 11.1. The molecule has 0 aliphatic heterocycles. The Hall–Kier alpha value is -4.91. The van der Waals surface area contributed by atoms with Gasteiger partial charge >= 0.3 is 5.97 Å². The van der Waals surface area contributed by atoms with Crippen molar-refractivity contribution in [3.05, 3.63) is 131 Å². The monoisotopic (exact) mass is 592 g/mol. The zero-order valence-corrected chi connectivity index (χ0v) is 25.6. The van der Waals surface area contributed by atoms with Crippen LogP contribution in [0.15, 0.2) is 103 Å². The van der Waals surface area contributed by atoms with Crippen LogP contribution >= 0.6 is 0 Å². The van der Waals surface area contributed by atoms with Gasteiger partial charge < -0.3 is 19.7 Å². The predicted octanol–water partition coefficient (Wildman–Crippen LogP) is 6.63. The van der Waals surface area contributed by atoms with E-state index in [2.05, 4.69) is 11.4 Å². The molecule has 0 spiro atoms. The second-order valence-electron chi connectivity index (χ2n) is 10.7. The molecular weight excluding hydrogens is 552 g/mol. The third kappa shape index (κ3) is 9.04. The number of ketones is 1. The molecule has 7 heteroatoms. The van der Waals surface area contributed by atoms with E-state index in [-0.39, 0.29) is 11.7 Å². The molecule has 1 atom stereocenters. The Kier molecular flexibility index (Phi) is 11.7. The lowest BCUT2D eigenvalue weighted by molar-refractivity contribution is -0.141. The van der Waals surface area contributed by atoms with Crippen molar-refractivity contribution >= 4 is 23.3 Å². The number of benzene rings is 4. The van der Waals surface area contributed by atoms with E-state index in [1.165, 1.54) is 7.11 Å². The number of anilines is 1. The van der Waals surface area contributed by atoms with Crippen molar-refractivity contribution in [2.45, 2.75) is 45.7 Å². The molecule has 1 N–H and O–H groups in total. The van der Waals surface area contributed by atoms with Crippen LogP contribution in [0, 0.1) is 6.92 Å². The molecular formula is C37H40N2O5. The zero-order chi connectivity index (χ0) is 31.3. The van der Waals surface area contributed by atoms with Gasteiger partial charge in [-0.15, -0.1) is 0 Å². The molecule has 0 saturated carbocycles. The molecule has 0 radical (unpaired) electrons. The summed E-state index contributed by atoms with van der Waals surface area (Å²) >= 11 is 0. The fraction of sp³-hybridized carbons (Fsp3) is 0.270. The molecule has 4 rings (SSSR count). The molecule has 0 heterocycles. The molecule has 0 fully saturated rings. The van der Waals surface area contributed by atoms with Crippen LogP contribution in [0.1, 0.15) is 52.4 Å². The first kappa shape index (κ1) is 32.0. The van der Waals surface area contributed by atoms with Crippen molar-refractivity contribution in [3.8, 4) is 5.75 Å². The Labute approximate surface area is 259 Å². The summed E-state index contributed by atoms with van der Waals surface area (Å²) in [7, 11) is 1.35. The van der Waals surface area contributed by atoms with E-state index in [1.807, 2.05) is 85.5 Å². The van der Waals surface area contributed by atoms with E-state index in [0.29, 0.717) is 55.1 Å². The minimum atomic E-state index is -0.712. The molecule has 4 aromatic rings. The largest absolute Gasteiger partial charge is 0.492 e. The zero-order valence-electron chi connectivity index (χ0n) is 25.6. The fourth-order valence-electron chi connectivity index (χ4n) is 5.00. The lowest BCUT2D eigenvalue weighted by Gasteiger charge is -2.23. The van der Waals surface area contributed by atoms with Gasteiger partial charge in [0.1, 0.15) is 18.4 Å². The molecule has 0 saturated heterocycles. The third-order valence-electron chi connectivity index (χ3n) is 7.29. The molecule has 44 heavy (non-hydrogen) atoms. The van der Waals surface area contributed by atoms with Gasteiger partial charge in [-0.3, -0.25) is 9.59 Å². The fourth-order valence-corrected chi connectivity index (χ4v) is 5.00. The highest BCUT2D eigenvalue weighted by atomic mass is 16.5. The van der Waals surface area contributed by atoms with E-state index in [1.54, 1.807) is 30.3 Å². The molecule has 7 nitrogen and oxygen atoms in total. The van der Waals surface area contributed by atoms with Crippen molar-refractivity contribution in [2.75, 3.05) is 25.6 Å². The number of hydrogen-bond acceptors (Lipinski definition) is 6. The van der Waals surface area contributed by atoms with Crippen LogP contribution in [0.3, 0.4) is 0 Å². The van der Waals surface area contributed by atoms with Crippen LogP contribution in [0.4, 0.5) is 5.69 Å². The maximum absolute atomic E-state index is 13.2. The Morgan fingerprint density at radius 1 is 0.841 bits per heavy atom. The highest BCUT2D eigenvalue weighted by Gasteiger charge is 2.23. The number of nitrogens with zero attached hydrogens (tertiary/aromatic N) is 1. The van der Waals surface area contributed by atoms with Crippen molar-refractivity contribution in [3.63, 3.8) is 0 Å². The molecule has 0 aliphatic rings. The highest BCUT2D eigenvalue weighted by molar-refractivity contribution is 6.12. The number of nitrogens with one attached hydrogen (secondary N) is 1. The Morgan fingerprint density at radius 3 is 2.27 bits per heavy atom. The summed E-state index contributed by atoms with van der Waals surface area (Å²) in [4.78, 5) is 40.6. The number of rotatable bonds is 15. The average Bonchev–Trinajstić information content (AvgIpc) is 3.05. The summed E-state index contributed by atoms with van der Waals surface area (Å²) in [6, 6.07) is 31.2. The average molecular weight is 593 g/mol. The van der Waals surface area contributed by atoms with E-state index in [9.17, 15) is 14.4 Å². The van der Waals surface area contributed by atoms with E-state index in [4.69, 9.17) is 9.47 Å². The molecule has 4 aromatic carbocycles. The van der Waals surface area contributed by atoms with E-state index in [0.717, 1.165) is 23.1 Å². The Morgan fingerprint density at radius 2 is 1.57 bits per heavy atom. The topological polar surface area (TPSA) is 84.9 Å². The van der Waals surface area contributed by atoms with Crippen molar-refractivity contribution in [1.29, 1.82) is 0 Å². The number of methoxy groups -OCH3 is 1. The molecule has 228 valence electrons. The van der Waals surface area contributed by atoms with Crippen LogP contribution in [0.5, 0.6) is 5.75 Å².